The highest BCUT2D eigenvalue weighted by atomic mass is 16.5. The first-order valence-electron chi connectivity index (χ1n) is 10.5. The number of carboxylic acids is 1. The molecule has 1 aliphatic carbocycles. The first kappa shape index (κ1) is 20.9. The molecule has 7 nitrogen and oxygen atoms in total. The lowest BCUT2D eigenvalue weighted by Gasteiger charge is -2.47. The summed E-state index contributed by atoms with van der Waals surface area (Å²) in [5.41, 5.74) is 3.65. The van der Waals surface area contributed by atoms with Crippen LogP contribution in [0.1, 0.15) is 37.3 Å². The zero-order valence-corrected chi connectivity index (χ0v) is 17.6. The summed E-state index contributed by atoms with van der Waals surface area (Å²) in [4.78, 5) is 37.8. The summed E-state index contributed by atoms with van der Waals surface area (Å²) in [6, 6.07) is 15.3. The van der Waals surface area contributed by atoms with Crippen LogP contribution >= 0.6 is 0 Å². The Morgan fingerprint density at radius 3 is 2.16 bits per heavy atom. The maximum atomic E-state index is 12.5. The van der Waals surface area contributed by atoms with Crippen molar-refractivity contribution in [1.82, 2.24) is 10.2 Å². The van der Waals surface area contributed by atoms with E-state index in [1.54, 1.807) is 13.8 Å². The molecule has 2 N–H and O–H groups in total. The number of benzene rings is 2. The van der Waals surface area contributed by atoms with E-state index in [9.17, 15) is 19.5 Å². The van der Waals surface area contributed by atoms with Crippen LogP contribution in [0.2, 0.25) is 0 Å². The molecule has 0 radical (unpaired) electrons. The molecule has 2 aliphatic rings. The number of fused-ring (bicyclic) bond motifs is 3. The largest absolute Gasteiger partial charge is 0.481 e. The Hall–Kier alpha value is -3.35. The molecule has 2 amide bonds. The van der Waals surface area contributed by atoms with Gasteiger partial charge in [0.1, 0.15) is 18.1 Å². The smallest absolute Gasteiger partial charge is 0.407 e. The van der Waals surface area contributed by atoms with Gasteiger partial charge >= 0.3 is 12.1 Å². The van der Waals surface area contributed by atoms with Crippen LogP contribution < -0.4 is 5.32 Å². The maximum Gasteiger partial charge on any atom is 0.407 e. The molecule has 0 bridgehead atoms. The van der Waals surface area contributed by atoms with Gasteiger partial charge < -0.3 is 20.1 Å². The van der Waals surface area contributed by atoms with Crippen molar-refractivity contribution >= 4 is 18.0 Å². The molecule has 2 aromatic carbocycles. The number of carbonyl (C=O) groups is 3. The first-order chi connectivity index (χ1) is 14.9. The number of ether oxygens (including phenoxy) is 1. The van der Waals surface area contributed by atoms with Crippen LogP contribution in [-0.2, 0) is 14.3 Å². The first-order valence-corrected chi connectivity index (χ1v) is 10.5. The lowest BCUT2D eigenvalue weighted by atomic mass is 9.77. The molecular formula is C24H26N2O5. The van der Waals surface area contributed by atoms with Crippen LogP contribution in [-0.4, -0.2) is 53.7 Å². The van der Waals surface area contributed by atoms with Gasteiger partial charge in [-0.1, -0.05) is 55.5 Å². The van der Waals surface area contributed by atoms with Crippen LogP contribution in [0, 0.1) is 5.41 Å². The van der Waals surface area contributed by atoms with Gasteiger partial charge in [0, 0.05) is 19.0 Å². The Morgan fingerprint density at radius 1 is 1.10 bits per heavy atom. The summed E-state index contributed by atoms with van der Waals surface area (Å²) in [6.07, 6.45) is -0.205. The lowest BCUT2D eigenvalue weighted by molar-refractivity contribution is -0.167. The minimum absolute atomic E-state index is 0.0553. The quantitative estimate of drug-likeness (QED) is 0.745. The van der Waals surface area contributed by atoms with Gasteiger partial charge in [-0.05, 0) is 35.6 Å². The fraction of sp³-hybridized carbons (Fsp3) is 0.375. The highest BCUT2D eigenvalue weighted by Crippen LogP contribution is 2.44. The van der Waals surface area contributed by atoms with E-state index < -0.39 is 23.5 Å². The highest BCUT2D eigenvalue weighted by Gasteiger charge is 2.50. The second-order valence-electron chi connectivity index (χ2n) is 8.32. The number of hydrogen-bond donors (Lipinski definition) is 2. The van der Waals surface area contributed by atoms with Gasteiger partial charge in [-0.25, -0.2) is 4.79 Å². The number of nitrogens with one attached hydrogen (secondary N) is 1. The van der Waals surface area contributed by atoms with E-state index in [-0.39, 0.29) is 31.5 Å². The van der Waals surface area contributed by atoms with Gasteiger partial charge in [0.05, 0.1) is 0 Å². The van der Waals surface area contributed by atoms with E-state index in [1.807, 2.05) is 36.4 Å². The molecule has 1 fully saturated rings. The number of carboxylic acid groups (broad SMARTS) is 1. The third kappa shape index (κ3) is 3.65. The number of aliphatic carboxylic acids is 1. The van der Waals surface area contributed by atoms with Crippen molar-refractivity contribution in [2.75, 3.05) is 19.7 Å². The Morgan fingerprint density at radius 2 is 1.65 bits per heavy atom. The number of alkyl carbamates (subject to hydrolysis) is 1. The number of rotatable bonds is 6. The summed E-state index contributed by atoms with van der Waals surface area (Å²) in [5, 5.41) is 11.9. The van der Waals surface area contributed by atoms with Crippen molar-refractivity contribution in [1.29, 1.82) is 0 Å². The van der Waals surface area contributed by atoms with E-state index in [0.29, 0.717) is 6.42 Å². The molecule has 162 valence electrons. The molecule has 2 aromatic rings. The van der Waals surface area contributed by atoms with Gasteiger partial charge in [-0.15, -0.1) is 0 Å². The second-order valence-corrected chi connectivity index (χ2v) is 8.32. The Kier molecular flexibility index (Phi) is 5.43. The molecule has 1 atom stereocenters. The monoisotopic (exact) mass is 422 g/mol. The molecule has 31 heavy (non-hydrogen) atoms. The molecule has 1 aliphatic heterocycles. The van der Waals surface area contributed by atoms with E-state index in [2.05, 4.69) is 17.4 Å². The SMILES string of the molecule is CCC1(C(=O)O)CN(C(=O)C(C)NC(=O)OCC2c3ccccc3-c3ccccc32)C1. The average molecular weight is 422 g/mol. The molecule has 0 saturated carbocycles. The van der Waals surface area contributed by atoms with Crippen LogP contribution in [0.5, 0.6) is 0 Å². The lowest BCUT2D eigenvalue weighted by Crippen LogP contribution is -2.64. The normalized spacial score (nSPS) is 17.2. The zero-order valence-electron chi connectivity index (χ0n) is 17.6. The van der Waals surface area contributed by atoms with Crippen molar-refractivity contribution in [3.8, 4) is 11.1 Å². The zero-order chi connectivity index (χ0) is 22.2. The minimum atomic E-state index is -0.892. The predicted octanol–water partition coefficient (Wildman–Crippen LogP) is 3.24. The fourth-order valence-corrected chi connectivity index (χ4v) is 4.50. The number of nitrogens with zero attached hydrogens (tertiary/aromatic N) is 1. The molecule has 1 unspecified atom stereocenters. The second kappa shape index (κ2) is 8.06. The van der Waals surface area contributed by atoms with Gasteiger partial charge in [0.25, 0.3) is 0 Å². The molecule has 0 aromatic heterocycles. The highest BCUT2D eigenvalue weighted by molar-refractivity contribution is 5.88. The van der Waals surface area contributed by atoms with Gasteiger partial charge in [-0.2, -0.15) is 0 Å². The predicted molar refractivity (Wildman–Crippen MR) is 115 cm³/mol. The number of carbonyl (C=O) groups excluding carboxylic acids is 2. The third-order valence-electron chi connectivity index (χ3n) is 6.48. The number of hydrogen-bond acceptors (Lipinski definition) is 4. The molecule has 0 spiro atoms. The van der Waals surface area contributed by atoms with Crippen molar-refractivity contribution in [3.05, 3.63) is 59.7 Å². The van der Waals surface area contributed by atoms with E-state index in [4.69, 9.17) is 4.74 Å². The molecular weight excluding hydrogens is 396 g/mol. The topological polar surface area (TPSA) is 95.9 Å². The minimum Gasteiger partial charge on any atom is -0.481 e. The Bertz CT molecular complexity index is 983. The summed E-state index contributed by atoms with van der Waals surface area (Å²) < 4.78 is 5.48. The van der Waals surface area contributed by atoms with Crippen LogP contribution in [0.3, 0.4) is 0 Å². The molecule has 7 heteroatoms. The van der Waals surface area contributed by atoms with Crippen molar-refractivity contribution in [2.45, 2.75) is 32.2 Å². The average Bonchev–Trinajstić information content (AvgIpc) is 3.05. The van der Waals surface area contributed by atoms with E-state index in [0.717, 1.165) is 22.3 Å². The summed E-state index contributed by atoms with van der Waals surface area (Å²) >= 11 is 0. The molecule has 1 heterocycles. The summed E-state index contributed by atoms with van der Waals surface area (Å²) in [6.45, 7) is 3.87. The maximum absolute atomic E-state index is 12.5. The molecule has 4 rings (SSSR count). The van der Waals surface area contributed by atoms with Crippen molar-refractivity contribution < 1.29 is 24.2 Å². The van der Waals surface area contributed by atoms with Crippen LogP contribution in [0.25, 0.3) is 11.1 Å². The fourth-order valence-electron chi connectivity index (χ4n) is 4.50. The van der Waals surface area contributed by atoms with Gasteiger partial charge in [0.2, 0.25) is 5.91 Å². The van der Waals surface area contributed by atoms with Crippen molar-refractivity contribution in [2.24, 2.45) is 5.41 Å². The van der Waals surface area contributed by atoms with Crippen molar-refractivity contribution in [3.63, 3.8) is 0 Å². The number of likely N-dealkylation sites (tertiary alicyclic amines) is 1. The molecule has 1 saturated heterocycles. The number of amides is 2. The standard InChI is InChI=1S/C24H26N2O5/c1-3-24(22(28)29)13-26(14-24)21(27)15(2)25-23(30)31-12-20-18-10-6-4-8-16(18)17-9-5-7-11-19(17)20/h4-11,15,20H,3,12-14H2,1-2H3,(H,25,30)(H,28,29). The third-order valence-corrected chi connectivity index (χ3v) is 6.48. The Labute approximate surface area is 181 Å². The van der Waals surface area contributed by atoms with E-state index in [1.165, 1.54) is 4.90 Å². The van der Waals surface area contributed by atoms with Crippen LogP contribution in [0.4, 0.5) is 4.79 Å². The van der Waals surface area contributed by atoms with Gasteiger partial charge in [0.15, 0.2) is 0 Å². The van der Waals surface area contributed by atoms with Crippen LogP contribution in [0.15, 0.2) is 48.5 Å². The Balaban J connectivity index is 1.34. The summed E-state index contributed by atoms with van der Waals surface area (Å²) in [7, 11) is 0. The summed E-state index contributed by atoms with van der Waals surface area (Å²) in [5.74, 6) is -1.25. The van der Waals surface area contributed by atoms with Gasteiger partial charge in [-0.3, -0.25) is 9.59 Å². The van der Waals surface area contributed by atoms with E-state index >= 15 is 0 Å².